The van der Waals surface area contributed by atoms with Crippen LogP contribution in [0.1, 0.15) is 49.2 Å². The molecule has 0 bridgehead atoms. The highest BCUT2D eigenvalue weighted by Crippen LogP contribution is 2.33. The van der Waals surface area contributed by atoms with Gasteiger partial charge in [-0.3, -0.25) is 0 Å². The van der Waals surface area contributed by atoms with E-state index in [4.69, 9.17) is 4.98 Å². The van der Waals surface area contributed by atoms with Crippen molar-refractivity contribution in [1.29, 1.82) is 0 Å². The first-order chi connectivity index (χ1) is 7.13. The molecule has 0 aliphatic heterocycles. The fourth-order valence-corrected chi connectivity index (χ4v) is 3.31. The third-order valence-corrected chi connectivity index (χ3v) is 4.54. The van der Waals surface area contributed by atoms with Crippen LogP contribution in [0.15, 0.2) is 0 Å². The molecule has 0 spiro atoms. The van der Waals surface area contributed by atoms with Gasteiger partial charge in [-0.15, -0.1) is 11.3 Å². The molecule has 1 heterocycles. The topological polar surface area (TPSA) is 24.9 Å². The number of aryl methyl sites for hydroxylation is 2. The number of rotatable bonds is 5. The van der Waals surface area contributed by atoms with Gasteiger partial charge in [0.2, 0.25) is 0 Å². The van der Waals surface area contributed by atoms with E-state index in [-0.39, 0.29) is 5.54 Å². The van der Waals surface area contributed by atoms with Crippen molar-refractivity contribution < 1.29 is 0 Å². The minimum Gasteiger partial charge on any atom is -0.308 e. The van der Waals surface area contributed by atoms with Gasteiger partial charge < -0.3 is 5.32 Å². The van der Waals surface area contributed by atoms with E-state index in [9.17, 15) is 0 Å². The van der Waals surface area contributed by atoms with Crippen molar-refractivity contribution in [3.05, 3.63) is 15.6 Å². The normalized spacial score (nSPS) is 12.1. The first-order valence-electron chi connectivity index (χ1n) is 5.79. The average molecular weight is 226 g/mol. The smallest absolute Gasteiger partial charge is 0.113 e. The number of nitrogens with zero attached hydrogens (tertiary/aromatic N) is 1. The van der Waals surface area contributed by atoms with Crippen LogP contribution in [0, 0.1) is 6.92 Å². The molecule has 0 aliphatic rings. The van der Waals surface area contributed by atoms with Gasteiger partial charge in [-0.1, -0.05) is 20.8 Å². The lowest BCUT2D eigenvalue weighted by molar-refractivity contribution is 0.333. The molecule has 0 saturated carbocycles. The number of thiazole rings is 1. The van der Waals surface area contributed by atoms with Crippen molar-refractivity contribution >= 4 is 11.3 Å². The summed E-state index contributed by atoms with van der Waals surface area (Å²) in [5, 5.41) is 4.70. The molecule has 0 radical (unpaired) electrons. The van der Waals surface area contributed by atoms with Crippen molar-refractivity contribution in [2.45, 2.75) is 52.5 Å². The van der Waals surface area contributed by atoms with Gasteiger partial charge >= 0.3 is 0 Å². The van der Waals surface area contributed by atoms with E-state index in [1.807, 2.05) is 18.4 Å². The zero-order chi connectivity index (χ0) is 11.5. The third kappa shape index (κ3) is 2.23. The fourth-order valence-electron chi connectivity index (χ4n) is 1.97. The van der Waals surface area contributed by atoms with Crippen molar-refractivity contribution in [2.75, 3.05) is 7.05 Å². The summed E-state index contributed by atoms with van der Waals surface area (Å²) in [6.07, 6.45) is 3.22. The van der Waals surface area contributed by atoms with Gasteiger partial charge in [-0.05, 0) is 33.2 Å². The molecule has 0 atom stereocenters. The van der Waals surface area contributed by atoms with Crippen LogP contribution in [0.25, 0.3) is 0 Å². The van der Waals surface area contributed by atoms with Gasteiger partial charge in [-0.2, -0.15) is 0 Å². The molecule has 0 aromatic carbocycles. The first kappa shape index (κ1) is 12.7. The van der Waals surface area contributed by atoms with E-state index >= 15 is 0 Å². The zero-order valence-electron chi connectivity index (χ0n) is 10.5. The van der Waals surface area contributed by atoms with Crippen LogP contribution in [0.3, 0.4) is 0 Å². The van der Waals surface area contributed by atoms with Crippen molar-refractivity contribution in [1.82, 2.24) is 10.3 Å². The van der Waals surface area contributed by atoms with E-state index in [1.165, 1.54) is 15.6 Å². The van der Waals surface area contributed by atoms with Gasteiger partial charge in [0, 0.05) is 4.88 Å². The number of hydrogen-bond donors (Lipinski definition) is 1. The second-order valence-corrected chi connectivity index (χ2v) is 5.12. The molecule has 1 aromatic rings. The number of nitrogens with one attached hydrogen (secondary N) is 1. The Hall–Kier alpha value is -0.410. The SMILES string of the molecule is CCc1nc(C(CC)(CC)NC)sc1C. The summed E-state index contributed by atoms with van der Waals surface area (Å²) in [6.45, 7) is 8.79. The third-order valence-electron chi connectivity index (χ3n) is 3.32. The average Bonchev–Trinajstić information content (AvgIpc) is 2.64. The first-order valence-corrected chi connectivity index (χ1v) is 6.60. The zero-order valence-corrected chi connectivity index (χ0v) is 11.3. The highest BCUT2D eigenvalue weighted by atomic mass is 32.1. The Morgan fingerprint density at radius 3 is 2.20 bits per heavy atom. The maximum Gasteiger partial charge on any atom is 0.113 e. The van der Waals surface area contributed by atoms with Crippen molar-refractivity contribution in [3.63, 3.8) is 0 Å². The molecule has 2 nitrogen and oxygen atoms in total. The lowest BCUT2D eigenvalue weighted by atomic mass is 9.94. The van der Waals surface area contributed by atoms with E-state index in [2.05, 4.69) is 33.0 Å². The van der Waals surface area contributed by atoms with Crippen LogP contribution in [-0.2, 0) is 12.0 Å². The van der Waals surface area contributed by atoms with E-state index < -0.39 is 0 Å². The molecule has 0 aliphatic carbocycles. The largest absolute Gasteiger partial charge is 0.308 e. The molecule has 0 unspecified atom stereocenters. The molecular formula is C12H22N2S. The Morgan fingerprint density at radius 1 is 1.27 bits per heavy atom. The van der Waals surface area contributed by atoms with Crippen LogP contribution in [0.5, 0.6) is 0 Å². The number of aromatic nitrogens is 1. The van der Waals surface area contributed by atoms with Gasteiger partial charge in [0.15, 0.2) is 0 Å². The molecule has 3 heteroatoms. The molecule has 0 saturated heterocycles. The van der Waals surface area contributed by atoms with E-state index in [0.29, 0.717) is 0 Å². The van der Waals surface area contributed by atoms with Crippen LogP contribution in [0.2, 0.25) is 0 Å². The molecule has 15 heavy (non-hydrogen) atoms. The summed E-state index contributed by atoms with van der Waals surface area (Å²) in [5.74, 6) is 0. The summed E-state index contributed by atoms with van der Waals surface area (Å²) in [4.78, 5) is 6.14. The van der Waals surface area contributed by atoms with E-state index in [1.54, 1.807) is 0 Å². The quantitative estimate of drug-likeness (QED) is 0.833. The predicted molar refractivity (Wildman–Crippen MR) is 67.5 cm³/mol. The Bertz CT molecular complexity index is 305. The Morgan fingerprint density at radius 2 is 1.87 bits per heavy atom. The van der Waals surface area contributed by atoms with Crippen molar-refractivity contribution in [3.8, 4) is 0 Å². The number of hydrogen-bond acceptors (Lipinski definition) is 3. The van der Waals surface area contributed by atoms with Crippen LogP contribution >= 0.6 is 11.3 Å². The maximum atomic E-state index is 4.77. The van der Waals surface area contributed by atoms with E-state index in [0.717, 1.165) is 19.3 Å². The minimum atomic E-state index is 0.0862. The molecule has 1 rings (SSSR count). The second kappa shape index (κ2) is 5.08. The summed E-state index contributed by atoms with van der Waals surface area (Å²) < 4.78 is 0. The lowest BCUT2D eigenvalue weighted by Crippen LogP contribution is -2.38. The summed E-state index contributed by atoms with van der Waals surface area (Å²) >= 11 is 1.85. The van der Waals surface area contributed by atoms with Gasteiger partial charge in [0.05, 0.1) is 11.2 Å². The standard InChI is InChI=1S/C12H22N2S/c1-6-10-9(4)15-11(14-10)12(7-2,8-3)13-5/h13H,6-8H2,1-5H3. The Kier molecular flexibility index (Phi) is 4.29. The summed E-state index contributed by atoms with van der Waals surface area (Å²) in [5.41, 5.74) is 1.35. The highest BCUT2D eigenvalue weighted by Gasteiger charge is 2.30. The minimum absolute atomic E-state index is 0.0862. The second-order valence-electron chi connectivity index (χ2n) is 3.91. The Labute approximate surface area is 97.1 Å². The molecule has 1 aromatic heterocycles. The molecule has 86 valence electrons. The van der Waals surface area contributed by atoms with Crippen LogP contribution in [0.4, 0.5) is 0 Å². The Balaban J connectivity index is 3.11. The fraction of sp³-hybridized carbons (Fsp3) is 0.750. The van der Waals surface area contributed by atoms with Gasteiger partial charge in [-0.25, -0.2) is 4.98 Å². The highest BCUT2D eigenvalue weighted by molar-refractivity contribution is 7.11. The molecule has 0 fully saturated rings. The molecular weight excluding hydrogens is 204 g/mol. The van der Waals surface area contributed by atoms with Crippen LogP contribution < -0.4 is 5.32 Å². The van der Waals surface area contributed by atoms with Crippen LogP contribution in [-0.4, -0.2) is 12.0 Å². The molecule has 0 amide bonds. The van der Waals surface area contributed by atoms with Gasteiger partial charge in [0.25, 0.3) is 0 Å². The lowest BCUT2D eigenvalue weighted by Gasteiger charge is -2.28. The summed E-state index contributed by atoms with van der Waals surface area (Å²) in [6, 6.07) is 0. The monoisotopic (exact) mass is 226 g/mol. The maximum absolute atomic E-state index is 4.77. The summed E-state index contributed by atoms with van der Waals surface area (Å²) in [7, 11) is 2.04. The van der Waals surface area contributed by atoms with Gasteiger partial charge in [0.1, 0.15) is 5.01 Å². The predicted octanol–water partition coefficient (Wildman–Crippen LogP) is 3.25. The van der Waals surface area contributed by atoms with Crippen molar-refractivity contribution in [2.24, 2.45) is 0 Å². The molecule has 1 N–H and O–H groups in total.